The minimum Gasteiger partial charge on any atom is -0.429 e. The second kappa shape index (κ2) is 6.49. The molecule has 3 heterocycles. The number of nitrogens with one attached hydrogen (secondary N) is 1. The zero-order valence-electron chi connectivity index (χ0n) is 13.6. The van der Waals surface area contributed by atoms with Gasteiger partial charge >= 0.3 is 0 Å². The van der Waals surface area contributed by atoms with Crippen LogP contribution in [0.4, 0.5) is 0 Å². The third kappa shape index (κ3) is 3.33. The molecule has 0 aliphatic carbocycles. The van der Waals surface area contributed by atoms with Gasteiger partial charge < -0.3 is 14.5 Å². The third-order valence-corrected chi connectivity index (χ3v) is 4.13. The van der Waals surface area contributed by atoms with E-state index in [4.69, 9.17) is 9.15 Å². The molecular formula is C18H20N4O2. The lowest BCUT2D eigenvalue weighted by molar-refractivity contribution is 0.311. The van der Waals surface area contributed by atoms with Crippen LogP contribution in [-0.4, -0.2) is 20.8 Å². The minimum atomic E-state index is 0.377. The number of nitrogens with zero attached hydrogens (tertiary/aromatic N) is 3. The van der Waals surface area contributed by atoms with Gasteiger partial charge in [0.2, 0.25) is 0 Å². The monoisotopic (exact) mass is 324 g/mol. The Kier molecular flexibility index (Phi) is 4.04. The van der Waals surface area contributed by atoms with E-state index in [1.807, 2.05) is 54.1 Å². The van der Waals surface area contributed by atoms with Crippen LogP contribution in [0.1, 0.15) is 23.8 Å². The number of aromatic nitrogens is 3. The van der Waals surface area contributed by atoms with Crippen molar-refractivity contribution in [2.24, 2.45) is 0 Å². The maximum atomic E-state index is 5.73. The summed E-state index contributed by atoms with van der Waals surface area (Å²) in [7, 11) is 0. The third-order valence-electron chi connectivity index (χ3n) is 4.13. The Bertz CT molecular complexity index is 810. The number of benzene rings is 1. The highest BCUT2D eigenvalue weighted by molar-refractivity contribution is 5.26. The molecule has 1 atom stereocenters. The molecule has 1 aliphatic rings. The van der Waals surface area contributed by atoms with Gasteiger partial charge in [-0.05, 0) is 31.5 Å². The minimum absolute atomic E-state index is 0.377. The van der Waals surface area contributed by atoms with Crippen molar-refractivity contribution in [1.82, 2.24) is 20.1 Å². The van der Waals surface area contributed by atoms with Gasteiger partial charge in [0.25, 0.3) is 5.95 Å². The molecule has 3 aromatic rings. The summed E-state index contributed by atoms with van der Waals surface area (Å²) < 4.78 is 13.4. The van der Waals surface area contributed by atoms with Crippen LogP contribution < -0.4 is 10.1 Å². The van der Waals surface area contributed by atoms with E-state index in [0.717, 1.165) is 42.5 Å². The van der Waals surface area contributed by atoms with Gasteiger partial charge in [-0.2, -0.15) is 5.10 Å². The second-order valence-electron chi connectivity index (χ2n) is 6.01. The van der Waals surface area contributed by atoms with Gasteiger partial charge in [-0.1, -0.05) is 18.2 Å². The average molecular weight is 324 g/mol. The standard InChI is InChI=1S/C18H20N4O2/c1-13-20-17-9-7-14(12-22(17)21-13)19-11-16-8-10-18(24-16)23-15-5-3-2-4-6-15/h2-6,8,10,14,19H,7,9,11-12H2,1H3/t14-/m1/s1. The summed E-state index contributed by atoms with van der Waals surface area (Å²) in [4.78, 5) is 4.44. The first-order chi connectivity index (χ1) is 11.8. The number of rotatable bonds is 5. The number of aryl methyl sites for hydroxylation is 2. The fourth-order valence-corrected chi connectivity index (χ4v) is 2.96. The highest BCUT2D eigenvalue weighted by Gasteiger charge is 2.20. The van der Waals surface area contributed by atoms with Gasteiger partial charge in [-0.25, -0.2) is 9.67 Å². The van der Waals surface area contributed by atoms with Crippen molar-refractivity contribution in [1.29, 1.82) is 0 Å². The normalized spacial score (nSPS) is 16.8. The Hall–Kier alpha value is -2.60. The molecule has 0 bridgehead atoms. The molecule has 2 aromatic heterocycles. The van der Waals surface area contributed by atoms with E-state index < -0.39 is 0 Å². The lowest BCUT2D eigenvalue weighted by Crippen LogP contribution is -2.37. The quantitative estimate of drug-likeness (QED) is 0.781. The molecule has 6 nitrogen and oxygen atoms in total. The van der Waals surface area contributed by atoms with Crippen LogP contribution in [0.5, 0.6) is 11.7 Å². The second-order valence-corrected chi connectivity index (χ2v) is 6.01. The molecule has 1 aromatic carbocycles. The summed E-state index contributed by atoms with van der Waals surface area (Å²) in [5.41, 5.74) is 0. The Morgan fingerprint density at radius 1 is 1.25 bits per heavy atom. The van der Waals surface area contributed by atoms with E-state index in [2.05, 4.69) is 15.4 Å². The predicted molar refractivity (Wildman–Crippen MR) is 88.9 cm³/mol. The largest absolute Gasteiger partial charge is 0.429 e. The lowest BCUT2D eigenvalue weighted by atomic mass is 10.1. The molecule has 0 unspecified atom stereocenters. The maximum Gasteiger partial charge on any atom is 0.290 e. The molecule has 0 saturated heterocycles. The Labute approximate surface area is 140 Å². The van der Waals surface area contributed by atoms with E-state index in [1.54, 1.807) is 0 Å². The Morgan fingerprint density at radius 2 is 2.12 bits per heavy atom. The van der Waals surface area contributed by atoms with Crippen LogP contribution in [0.25, 0.3) is 0 Å². The van der Waals surface area contributed by atoms with E-state index in [-0.39, 0.29) is 0 Å². The Balaban J connectivity index is 1.32. The van der Waals surface area contributed by atoms with Crippen LogP contribution in [0, 0.1) is 6.92 Å². The van der Waals surface area contributed by atoms with Crippen LogP contribution in [-0.2, 0) is 19.5 Å². The number of hydrogen-bond acceptors (Lipinski definition) is 5. The smallest absolute Gasteiger partial charge is 0.290 e. The first-order valence-electron chi connectivity index (χ1n) is 8.21. The molecule has 4 rings (SSSR count). The van der Waals surface area contributed by atoms with Crippen LogP contribution in [0.15, 0.2) is 46.9 Å². The van der Waals surface area contributed by atoms with Crippen LogP contribution in [0.2, 0.25) is 0 Å². The van der Waals surface area contributed by atoms with E-state index >= 15 is 0 Å². The summed E-state index contributed by atoms with van der Waals surface area (Å²) in [6.07, 6.45) is 2.02. The van der Waals surface area contributed by atoms with E-state index in [0.29, 0.717) is 18.5 Å². The zero-order chi connectivity index (χ0) is 16.4. The van der Waals surface area contributed by atoms with Crippen molar-refractivity contribution in [3.8, 4) is 11.7 Å². The van der Waals surface area contributed by atoms with Gasteiger partial charge in [0.1, 0.15) is 23.2 Å². The maximum absolute atomic E-state index is 5.73. The molecule has 124 valence electrons. The van der Waals surface area contributed by atoms with Gasteiger partial charge in [-0.3, -0.25) is 0 Å². The predicted octanol–water partition coefficient (Wildman–Crippen LogP) is 3.08. The molecule has 0 saturated carbocycles. The molecule has 6 heteroatoms. The summed E-state index contributed by atoms with van der Waals surface area (Å²) in [5.74, 6) is 4.08. The van der Waals surface area contributed by atoms with Crippen molar-refractivity contribution in [3.05, 3.63) is 59.9 Å². The number of furan rings is 1. The van der Waals surface area contributed by atoms with E-state index in [9.17, 15) is 0 Å². The topological polar surface area (TPSA) is 65.1 Å². The van der Waals surface area contributed by atoms with Crippen molar-refractivity contribution in [2.75, 3.05) is 0 Å². The van der Waals surface area contributed by atoms with Gasteiger partial charge in [0.15, 0.2) is 0 Å². The van der Waals surface area contributed by atoms with E-state index in [1.165, 1.54) is 0 Å². The highest BCUT2D eigenvalue weighted by atomic mass is 16.6. The van der Waals surface area contributed by atoms with Gasteiger partial charge in [-0.15, -0.1) is 0 Å². The summed E-state index contributed by atoms with van der Waals surface area (Å²) in [6, 6.07) is 13.8. The van der Waals surface area contributed by atoms with Crippen molar-refractivity contribution >= 4 is 0 Å². The molecule has 1 aliphatic heterocycles. The fraction of sp³-hybridized carbons (Fsp3) is 0.333. The number of para-hydroxylation sites is 1. The Morgan fingerprint density at radius 3 is 3.00 bits per heavy atom. The summed E-state index contributed by atoms with van der Waals surface area (Å²) in [5, 5.41) is 7.96. The first kappa shape index (κ1) is 15.0. The van der Waals surface area contributed by atoms with Crippen molar-refractivity contribution in [2.45, 2.75) is 38.9 Å². The molecule has 0 radical (unpaired) electrons. The highest BCUT2D eigenvalue weighted by Crippen LogP contribution is 2.23. The molecule has 24 heavy (non-hydrogen) atoms. The summed E-state index contributed by atoms with van der Waals surface area (Å²) >= 11 is 0. The molecule has 0 fully saturated rings. The molecule has 0 amide bonds. The molecular weight excluding hydrogens is 304 g/mol. The average Bonchev–Trinajstić information content (AvgIpc) is 3.18. The molecule has 1 N–H and O–H groups in total. The number of hydrogen-bond donors (Lipinski definition) is 1. The fourth-order valence-electron chi connectivity index (χ4n) is 2.96. The summed E-state index contributed by atoms with van der Waals surface area (Å²) in [6.45, 7) is 3.46. The van der Waals surface area contributed by atoms with Crippen LogP contribution >= 0.6 is 0 Å². The van der Waals surface area contributed by atoms with Gasteiger partial charge in [0, 0.05) is 18.5 Å². The van der Waals surface area contributed by atoms with Crippen LogP contribution in [0.3, 0.4) is 0 Å². The van der Waals surface area contributed by atoms with Gasteiger partial charge in [0.05, 0.1) is 13.1 Å². The lowest BCUT2D eigenvalue weighted by Gasteiger charge is -2.23. The number of ether oxygens (including phenoxy) is 1. The molecule has 0 spiro atoms. The number of fused-ring (bicyclic) bond motifs is 1. The SMILES string of the molecule is Cc1nc2n(n1)C[C@H](NCc1ccc(Oc3ccccc3)o1)CC2. The zero-order valence-corrected chi connectivity index (χ0v) is 13.6. The van der Waals surface area contributed by atoms with Crippen molar-refractivity contribution in [3.63, 3.8) is 0 Å². The van der Waals surface area contributed by atoms with Crippen molar-refractivity contribution < 1.29 is 9.15 Å². The first-order valence-corrected chi connectivity index (χ1v) is 8.21.